The SMILES string of the molecule is CCNC(Cc1cccc(F)c1Br)C1CCCC1(C)C. The summed E-state index contributed by atoms with van der Waals surface area (Å²) in [7, 11) is 0. The van der Waals surface area contributed by atoms with E-state index >= 15 is 0 Å². The van der Waals surface area contributed by atoms with Gasteiger partial charge < -0.3 is 5.32 Å². The quantitative estimate of drug-likeness (QED) is 0.800. The van der Waals surface area contributed by atoms with Crippen molar-refractivity contribution in [2.24, 2.45) is 11.3 Å². The van der Waals surface area contributed by atoms with E-state index in [0.717, 1.165) is 18.5 Å². The first kappa shape index (κ1) is 16.0. The molecule has 1 N–H and O–H groups in total. The lowest BCUT2D eigenvalue weighted by atomic mass is 9.76. The molecule has 20 heavy (non-hydrogen) atoms. The molecule has 0 aromatic heterocycles. The van der Waals surface area contributed by atoms with Crippen molar-refractivity contribution in [3.63, 3.8) is 0 Å². The summed E-state index contributed by atoms with van der Waals surface area (Å²) < 4.78 is 14.3. The molecule has 1 aromatic rings. The first-order chi connectivity index (χ1) is 9.45. The zero-order valence-electron chi connectivity index (χ0n) is 12.7. The second kappa shape index (κ2) is 6.57. The van der Waals surface area contributed by atoms with Gasteiger partial charge in [0.05, 0.1) is 4.47 Å². The molecule has 0 radical (unpaired) electrons. The van der Waals surface area contributed by atoms with Gasteiger partial charge in [0.1, 0.15) is 5.82 Å². The molecule has 2 atom stereocenters. The van der Waals surface area contributed by atoms with Gasteiger partial charge in [0, 0.05) is 6.04 Å². The van der Waals surface area contributed by atoms with Crippen molar-refractivity contribution in [1.29, 1.82) is 0 Å². The van der Waals surface area contributed by atoms with E-state index in [9.17, 15) is 4.39 Å². The van der Waals surface area contributed by atoms with Crippen molar-refractivity contribution in [3.8, 4) is 0 Å². The van der Waals surface area contributed by atoms with Gasteiger partial charge >= 0.3 is 0 Å². The van der Waals surface area contributed by atoms with Crippen molar-refractivity contribution >= 4 is 15.9 Å². The molecular weight excluding hydrogens is 317 g/mol. The lowest BCUT2D eigenvalue weighted by Crippen LogP contribution is -2.42. The van der Waals surface area contributed by atoms with E-state index in [1.54, 1.807) is 6.07 Å². The summed E-state index contributed by atoms with van der Waals surface area (Å²) in [4.78, 5) is 0. The molecule has 1 nitrogen and oxygen atoms in total. The van der Waals surface area contributed by atoms with Crippen LogP contribution >= 0.6 is 15.9 Å². The Balaban J connectivity index is 2.19. The Labute approximate surface area is 130 Å². The number of hydrogen-bond donors (Lipinski definition) is 1. The number of halogens is 2. The van der Waals surface area contributed by atoms with Crippen LogP contribution in [-0.4, -0.2) is 12.6 Å². The first-order valence-corrected chi connectivity index (χ1v) is 8.41. The number of hydrogen-bond acceptors (Lipinski definition) is 1. The van der Waals surface area contributed by atoms with E-state index in [-0.39, 0.29) is 5.82 Å². The molecular formula is C17H25BrFN. The monoisotopic (exact) mass is 341 g/mol. The van der Waals surface area contributed by atoms with Crippen molar-refractivity contribution in [3.05, 3.63) is 34.1 Å². The summed E-state index contributed by atoms with van der Waals surface area (Å²) in [6, 6.07) is 5.77. The highest BCUT2D eigenvalue weighted by atomic mass is 79.9. The molecule has 1 fully saturated rings. The zero-order valence-corrected chi connectivity index (χ0v) is 14.3. The number of benzene rings is 1. The minimum absolute atomic E-state index is 0.163. The molecule has 0 amide bonds. The predicted octanol–water partition coefficient (Wildman–Crippen LogP) is 4.94. The van der Waals surface area contributed by atoms with Gasteiger partial charge in [0.25, 0.3) is 0 Å². The van der Waals surface area contributed by atoms with E-state index in [0.29, 0.717) is 21.8 Å². The van der Waals surface area contributed by atoms with Crippen LogP contribution in [0.25, 0.3) is 0 Å². The Kier molecular flexibility index (Phi) is 5.25. The summed E-state index contributed by atoms with van der Waals surface area (Å²) in [6.45, 7) is 7.85. The highest BCUT2D eigenvalue weighted by Crippen LogP contribution is 2.45. The van der Waals surface area contributed by atoms with Crippen LogP contribution in [0.4, 0.5) is 4.39 Å². The van der Waals surface area contributed by atoms with Crippen molar-refractivity contribution in [2.75, 3.05) is 6.54 Å². The van der Waals surface area contributed by atoms with Gasteiger partial charge in [-0.3, -0.25) is 0 Å². The molecule has 0 heterocycles. The Bertz CT molecular complexity index is 458. The molecule has 2 rings (SSSR count). The minimum atomic E-state index is -0.163. The van der Waals surface area contributed by atoms with Crippen LogP contribution in [0.2, 0.25) is 0 Å². The molecule has 3 heteroatoms. The molecule has 1 aromatic carbocycles. The minimum Gasteiger partial charge on any atom is -0.314 e. The average molecular weight is 342 g/mol. The fraction of sp³-hybridized carbons (Fsp3) is 0.647. The first-order valence-electron chi connectivity index (χ1n) is 7.62. The summed E-state index contributed by atoms with van der Waals surface area (Å²) in [6.07, 6.45) is 4.77. The third-order valence-corrected chi connectivity index (χ3v) is 5.65. The van der Waals surface area contributed by atoms with Gasteiger partial charge in [-0.1, -0.05) is 39.3 Å². The number of nitrogens with one attached hydrogen (secondary N) is 1. The zero-order chi connectivity index (χ0) is 14.8. The molecule has 2 unspecified atom stereocenters. The molecule has 1 saturated carbocycles. The molecule has 0 aliphatic heterocycles. The fourth-order valence-corrected chi connectivity index (χ4v) is 4.09. The summed E-state index contributed by atoms with van der Waals surface area (Å²) in [5.74, 6) is 0.501. The molecule has 1 aliphatic rings. The molecule has 1 aliphatic carbocycles. The van der Waals surface area contributed by atoms with E-state index < -0.39 is 0 Å². The smallest absolute Gasteiger partial charge is 0.137 e. The molecule has 0 bridgehead atoms. The van der Waals surface area contributed by atoms with Crippen LogP contribution in [0.3, 0.4) is 0 Å². The van der Waals surface area contributed by atoms with Gasteiger partial charge in [0.15, 0.2) is 0 Å². The van der Waals surface area contributed by atoms with E-state index in [1.165, 1.54) is 25.3 Å². The van der Waals surface area contributed by atoms with E-state index in [1.807, 2.05) is 6.07 Å². The van der Waals surface area contributed by atoms with Gasteiger partial charge in [-0.15, -0.1) is 0 Å². The maximum atomic E-state index is 13.7. The van der Waals surface area contributed by atoms with Gasteiger partial charge in [0.2, 0.25) is 0 Å². The van der Waals surface area contributed by atoms with Gasteiger partial charge in [-0.2, -0.15) is 0 Å². The largest absolute Gasteiger partial charge is 0.314 e. The van der Waals surface area contributed by atoms with Crippen LogP contribution in [0.15, 0.2) is 22.7 Å². The van der Waals surface area contributed by atoms with Gasteiger partial charge in [-0.05, 0) is 64.7 Å². The third-order valence-electron chi connectivity index (χ3n) is 4.76. The molecule has 0 saturated heterocycles. The number of likely N-dealkylation sites (N-methyl/N-ethyl adjacent to an activating group) is 1. The predicted molar refractivity (Wildman–Crippen MR) is 86.4 cm³/mol. The van der Waals surface area contributed by atoms with Crippen LogP contribution < -0.4 is 5.32 Å². The second-order valence-electron chi connectivity index (χ2n) is 6.57. The standard InChI is InChI=1S/C17H25BrFN/c1-4-20-15(13-8-6-10-17(13,2)3)11-12-7-5-9-14(19)16(12)18/h5,7,9,13,15,20H,4,6,8,10-11H2,1-3H3. The Morgan fingerprint density at radius 3 is 2.80 bits per heavy atom. The summed E-state index contributed by atoms with van der Waals surface area (Å²) in [5, 5.41) is 3.63. The average Bonchev–Trinajstić information content (AvgIpc) is 2.74. The fourth-order valence-electron chi connectivity index (χ4n) is 3.66. The number of rotatable bonds is 5. The topological polar surface area (TPSA) is 12.0 Å². The maximum absolute atomic E-state index is 13.7. The molecule has 112 valence electrons. The van der Waals surface area contributed by atoms with E-state index in [2.05, 4.69) is 42.0 Å². The normalized spacial score (nSPS) is 22.9. The lowest BCUT2D eigenvalue weighted by Gasteiger charge is -2.35. The van der Waals surface area contributed by atoms with E-state index in [4.69, 9.17) is 0 Å². The van der Waals surface area contributed by atoms with Crippen LogP contribution in [0, 0.1) is 17.2 Å². The van der Waals surface area contributed by atoms with Crippen molar-refractivity contribution < 1.29 is 4.39 Å². The van der Waals surface area contributed by atoms with Gasteiger partial charge in [-0.25, -0.2) is 4.39 Å². The summed E-state index contributed by atoms with van der Waals surface area (Å²) >= 11 is 3.39. The Morgan fingerprint density at radius 1 is 1.45 bits per heavy atom. The van der Waals surface area contributed by atoms with Crippen molar-refractivity contribution in [2.45, 2.75) is 52.5 Å². The summed E-state index contributed by atoms with van der Waals surface area (Å²) in [5.41, 5.74) is 1.45. The third kappa shape index (κ3) is 3.43. The highest BCUT2D eigenvalue weighted by Gasteiger charge is 2.39. The molecule has 0 spiro atoms. The second-order valence-corrected chi connectivity index (χ2v) is 7.36. The Morgan fingerprint density at radius 2 is 2.20 bits per heavy atom. The Hall–Kier alpha value is -0.410. The lowest BCUT2D eigenvalue weighted by molar-refractivity contribution is 0.197. The van der Waals surface area contributed by atoms with Crippen molar-refractivity contribution in [1.82, 2.24) is 5.32 Å². The van der Waals surface area contributed by atoms with Crippen LogP contribution in [-0.2, 0) is 6.42 Å². The van der Waals surface area contributed by atoms with Crippen LogP contribution in [0.1, 0.15) is 45.6 Å². The maximum Gasteiger partial charge on any atom is 0.137 e. The highest BCUT2D eigenvalue weighted by molar-refractivity contribution is 9.10. The van der Waals surface area contributed by atoms with Crippen LogP contribution in [0.5, 0.6) is 0 Å².